The summed E-state index contributed by atoms with van der Waals surface area (Å²) in [6.07, 6.45) is 1.17. The second-order valence-electron chi connectivity index (χ2n) is 6.33. The minimum absolute atomic E-state index is 0.577. The van der Waals surface area contributed by atoms with Crippen LogP contribution in [0.4, 0.5) is 0 Å². The summed E-state index contributed by atoms with van der Waals surface area (Å²) in [6, 6.07) is 14.1. The first kappa shape index (κ1) is 17.8. The monoisotopic (exact) mass is 331 g/mol. The van der Waals surface area contributed by atoms with Crippen molar-refractivity contribution in [1.82, 2.24) is 5.32 Å². The Kier molecular flexibility index (Phi) is 6.94. The number of benzene rings is 2. The summed E-state index contributed by atoms with van der Waals surface area (Å²) in [4.78, 5) is 0. The van der Waals surface area contributed by atoms with Crippen molar-refractivity contribution in [1.29, 1.82) is 0 Å². The molecule has 3 heteroatoms. The summed E-state index contributed by atoms with van der Waals surface area (Å²) < 4.78 is 6.04. The first-order valence-electron chi connectivity index (χ1n) is 8.22. The van der Waals surface area contributed by atoms with Gasteiger partial charge in [-0.2, -0.15) is 0 Å². The summed E-state index contributed by atoms with van der Waals surface area (Å²) in [5, 5.41) is 4.22. The zero-order chi connectivity index (χ0) is 16.7. The van der Waals surface area contributed by atoms with E-state index in [0.717, 1.165) is 29.4 Å². The van der Waals surface area contributed by atoms with Crippen LogP contribution in [-0.4, -0.2) is 6.54 Å². The Balaban J connectivity index is 1.99. The highest BCUT2D eigenvalue weighted by Crippen LogP contribution is 2.24. The van der Waals surface area contributed by atoms with Crippen LogP contribution < -0.4 is 10.1 Å². The Hall–Kier alpha value is -1.51. The van der Waals surface area contributed by atoms with Crippen LogP contribution in [0.5, 0.6) is 5.75 Å². The Morgan fingerprint density at radius 3 is 2.61 bits per heavy atom. The molecule has 0 radical (unpaired) electrons. The predicted octanol–water partition coefficient (Wildman–Crippen LogP) is 5.36. The van der Waals surface area contributed by atoms with Crippen LogP contribution in [0.3, 0.4) is 0 Å². The van der Waals surface area contributed by atoms with Gasteiger partial charge in [0.25, 0.3) is 0 Å². The summed E-state index contributed by atoms with van der Waals surface area (Å²) in [6.45, 7) is 8.93. The molecule has 1 N–H and O–H groups in total. The SMILES string of the molecule is Cc1ccccc1COc1ccc(Cl)cc1CNCCC(C)C. The molecule has 2 nitrogen and oxygen atoms in total. The lowest BCUT2D eigenvalue weighted by Gasteiger charge is -2.14. The van der Waals surface area contributed by atoms with Gasteiger partial charge >= 0.3 is 0 Å². The highest BCUT2D eigenvalue weighted by Gasteiger charge is 2.06. The molecular weight excluding hydrogens is 306 g/mol. The molecule has 0 aliphatic carbocycles. The van der Waals surface area contributed by atoms with E-state index in [9.17, 15) is 0 Å². The van der Waals surface area contributed by atoms with Gasteiger partial charge in [-0.3, -0.25) is 0 Å². The largest absolute Gasteiger partial charge is 0.489 e. The third-order valence-electron chi connectivity index (χ3n) is 3.88. The van der Waals surface area contributed by atoms with Gasteiger partial charge in [-0.05, 0) is 55.1 Å². The van der Waals surface area contributed by atoms with Gasteiger partial charge in [0, 0.05) is 17.1 Å². The lowest BCUT2D eigenvalue weighted by atomic mass is 10.1. The lowest BCUT2D eigenvalue weighted by molar-refractivity contribution is 0.301. The molecule has 2 aromatic carbocycles. The lowest BCUT2D eigenvalue weighted by Crippen LogP contribution is -2.17. The van der Waals surface area contributed by atoms with Crippen LogP contribution in [0.25, 0.3) is 0 Å². The fourth-order valence-corrected chi connectivity index (χ4v) is 2.56. The molecule has 0 aliphatic heterocycles. The van der Waals surface area contributed by atoms with Crippen LogP contribution in [0.1, 0.15) is 37.0 Å². The molecule has 0 spiro atoms. The van der Waals surface area contributed by atoms with Gasteiger partial charge in [0.05, 0.1) is 0 Å². The first-order valence-corrected chi connectivity index (χ1v) is 8.60. The minimum atomic E-state index is 0.577. The van der Waals surface area contributed by atoms with E-state index >= 15 is 0 Å². The maximum absolute atomic E-state index is 6.14. The average molecular weight is 332 g/mol. The zero-order valence-electron chi connectivity index (χ0n) is 14.2. The van der Waals surface area contributed by atoms with Crippen molar-refractivity contribution in [2.45, 2.75) is 40.3 Å². The van der Waals surface area contributed by atoms with Crippen molar-refractivity contribution >= 4 is 11.6 Å². The second kappa shape index (κ2) is 8.95. The van der Waals surface area contributed by atoms with Crippen LogP contribution in [0.15, 0.2) is 42.5 Å². The van der Waals surface area contributed by atoms with Crippen LogP contribution >= 0.6 is 11.6 Å². The number of hydrogen-bond donors (Lipinski definition) is 1. The van der Waals surface area contributed by atoms with Crippen LogP contribution in [-0.2, 0) is 13.2 Å². The van der Waals surface area contributed by atoms with E-state index in [1.54, 1.807) is 0 Å². The van der Waals surface area contributed by atoms with E-state index in [-0.39, 0.29) is 0 Å². The molecule has 0 amide bonds. The smallest absolute Gasteiger partial charge is 0.124 e. The number of rotatable bonds is 8. The van der Waals surface area contributed by atoms with Gasteiger partial charge in [-0.1, -0.05) is 49.7 Å². The molecule has 0 heterocycles. The van der Waals surface area contributed by atoms with Crippen molar-refractivity contribution < 1.29 is 4.74 Å². The average Bonchev–Trinajstić information content (AvgIpc) is 2.52. The predicted molar refractivity (Wildman–Crippen MR) is 98.1 cm³/mol. The Morgan fingerprint density at radius 1 is 1.09 bits per heavy atom. The van der Waals surface area contributed by atoms with Gasteiger partial charge in [0.1, 0.15) is 12.4 Å². The summed E-state index contributed by atoms with van der Waals surface area (Å²) >= 11 is 6.14. The van der Waals surface area contributed by atoms with Crippen molar-refractivity contribution in [3.8, 4) is 5.75 Å². The second-order valence-corrected chi connectivity index (χ2v) is 6.76. The number of halogens is 1. The molecule has 0 saturated carbocycles. The summed E-state index contributed by atoms with van der Waals surface area (Å²) in [5.41, 5.74) is 3.56. The Morgan fingerprint density at radius 2 is 1.87 bits per heavy atom. The molecule has 0 atom stereocenters. The standard InChI is InChI=1S/C20H26ClNO/c1-15(2)10-11-22-13-18-12-19(21)8-9-20(18)23-14-17-7-5-4-6-16(17)3/h4-9,12,15,22H,10-11,13-14H2,1-3H3. The minimum Gasteiger partial charge on any atom is -0.489 e. The number of nitrogens with one attached hydrogen (secondary N) is 1. The van der Waals surface area contributed by atoms with E-state index < -0.39 is 0 Å². The molecule has 0 unspecified atom stereocenters. The Bertz CT molecular complexity index is 625. The van der Waals surface area contributed by atoms with Crippen molar-refractivity contribution in [2.24, 2.45) is 5.92 Å². The van der Waals surface area contributed by atoms with E-state index in [1.165, 1.54) is 17.5 Å². The van der Waals surface area contributed by atoms with Crippen molar-refractivity contribution in [3.05, 3.63) is 64.2 Å². The highest BCUT2D eigenvalue weighted by molar-refractivity contribution is 6.30. The topological polar surface area (TPSA) is 21.3 Å². The van der Waals surface area contributed by atoms with Crippen molar-refractivity contribution in [3.63, 3.8) is 0 Å². The van der Waals surface area contributed by atoms with E-state index in [0.29, 0.717) is 12.5 Å². The number of hydrogen-bond acceptors (Lipinski definition) is 2. The molecule has 0 aromatic heterocycles. The maximum atomic E-state index is 6.14. The van der Waals surface area contributed by atoms with Gasteiger partial charge in [-0.15, -0.1) is 0 Å². The maximum Gasteiger partial charge on any atom is 0.124 e. The molecular formula is C20H26ClNO. The fourth-order valence-electron chi connectivity index (χ4n) is 2.37. The molecule has 2 aromatic rings. The fraction of sp³-hybridized carbons (Fsp3) is 0.400. The molecule has 0 saturated heterocycles. The molecule has 0 aliphatic rings. The first-order chi connectivity index (χ1) is 11.1. The Labute approximate surface area is 144 Å². The summed E-state index contributed by atoms with van der Waals surface area (Å²) in [7, 11) is 0. The van der Waals surface area contributed by atoms with Gasteiger partial charge in [0.2, 0.25) is 0 Å². The zero-order valence-corrected chi connectivity index (χ0v) is 15.0. The quantitative estimate of drug-likeness (QED) is 0.657. The molecule has 0 bridgehead atoms. The van der Waals surface area contributed by atoms with Gasteiger partial charge in [0.15, 0.2) is 0 Å². The summed E-state index contributed by atoms with van der Waals surface area (Å²) in [5.74, 6) is 1.60. The normalized spacial score (nSPS) is 11.0. The van der Waals surface area contributed by atoms with Crippen LogP contribution in [0.2, 0.25) is 5.02 Å². The number of aryl methyl sites for hydroxylation is 1. The van der Waals surface area contributed by atoms with E-state index in [4.69, 9.17) is 16.3 Å². The van der Waals surface area contributed by atoms with Crippen molar-refractivity contribution in [2.75, 3.05) is 6.54 Å². The highest BCUT2D eigenvalue weighted by atomic mass is 35.5. The van der Waals surface area contributed by atoms with Gasteiger partial charge < -0.3 is 10.1 Å². The van der Waals surface area contributed by atoms with Gasteiger partial charge in [-0.25, -0.2) is 0 Å². The number of ether oxygens (including phenoxy) is 1. The molecule has 2 rings (SSSR count). The van der Waals surface area contributed by atoms with E-state index in [1.807, 2.05) is 30.3 Å². The van der Waals surface area contributed by atoms with Crippen LogP contribution in [0, 0.1) is 12.8 Å². The van der Waals surface area contributed by atoms with E-state index in [2.05, 4.69) is 38.2 Å². The third-order valence-corrected chi connectivity index (χ3v) is 4.12. The molecule has 0 fully saturated rings. The molecule has 23 heavy (non-hydrogen) atoms. The molecule has 124 valence electrons. The third kappa shape index (κ3) is 5.89.